The first-order valence-electron chi connectivity index (χ1n) is 9.08. The number of rotatable bonds is 4. The van der Waals surface area contributed by atoms with Crippen molar-refractivity contribution >= 4 is 40.1 Å². The smallest absolute Gasteiger partial charge is 0.255 e. The molecular formula is C20H16Cl2N6O. The van der Waals surface area contributed by atoms with Gasteiger partial charge < -0.3 is 4.90 Å². The highest BCUT2D eigenvalue weighted by Crippen LogP contribution is 2.41. The van der Waals surface area contributed by atoms with Gasteiger partial charge in [0.2, 0.25) is 0 Å². The number of nitrogens with one attached hydrogen (secondary N) is 1. The van der Waals surface area contributed by atoms with Crippen molar-refractivity contribution in [2.24, 2.45) is 7.05 Å². The number of amides is 1. The molecule has 0 radical (unpaired) electrons. The molecule has 0 saturated carbocycles. The van der Waals surface area contributed by atoms with Gasteiger partial charge in [-0.25, -0.2) is 0 Å². The molecule has 1 aliphatic heterocycles. The topological polar surface area (TPSA) is 79.7 Å². The van der Waals surface area contributed by atoms with Gasteiger partial charge in [0.15, 0.2) is 0 Å². The molecule has 2 aromatic heterocycles. The predicted octanol–water partition coefficient (Wildman–Crippen LogP) is 3.94. The molecule has 29 heavy (non-hydrogen) atoms. The number of nitrogens with zero attached hydrogens (tertiary/aromatic N) is 5. The van der Waals surface area contributed by atoms with Gasteiger partial charge in [-0.3, -0.25) is 14.6 Å². The van der Waals surface area contributed by atoms with Crippen LogP contribution in [-0.4, -0.2) is 36.0 Å². The molecule has 0 spiro atoms. The van der Waals surface area contributed by atoms with Crippen molar-refractivity contribution in [3.05, 3.63) is 75.0 Å². The van der Waals surface area contributed by atoms with Crippen LogP contribution in [0.2, 0.25) is 10.0 Å². The summed E-state index contributed by atoms with van der Waals surface area (Å²) in [6, 6.07) is 11.0. The first kappa shape index (κ1) is 18.1. The molecule has 4 aromatic rings. The van der Waals surface area contributed by atoms with Crippen LogP contribution < -0.4 is 0 Å². The molecule has 9 heteroatoms. The molecule has 3 heterocycles. The Labute approximate surface area is 176 Å². The standard InChI is InChI=1S/C20H16Cl2N6O/c1-27-17(14(22)9-23-27)8-18-19-12(3-2-4-13(19)21)20(29)28(18)10-11-5-6-15-16(7-11)25-26-24-15/h2-7,9,18H,8,10H2,1H3,(H,24,25,26). The predicted molar refractivity (Wildman–Crippen MR) is 110 cm³/mol. The summed E-state index contributed by atoms with van der Waals surface area (Å²) in [7, 11) is 1.84. The molecule has 2 aromatic carbocycles. The van der Waals surface area contributed by atoms with E-state index in [1.54, 1.807) is 16.9 Å². The molecule has 1 aliphatic rings. The zero-order valence-corrected chi connectivity index (χ0v) is 16.9. The lowest BCUT2D eigenvalue weighted by atomic mass is 10.00. The van der Waals surface area contributed by atoms with Crippen molar-refractivity contribution in [2.45, 2.75) is 19.0 Å². The average Bonchev–Trinajstić information content (AvgIpc) is 3.37. The van der Waals surface area contributed by atoms with Crippen LogP contribution in [0.4, 0.5) is 0 Å². The summed E-state index contributed by atoms with van der Waals surface area (Å²) in [4.78, 5) is 15.1. The zero-order chi connectivity index (χ0) is 20.1. The third-order valence-corrected chi connectivity index (χ3v) is 6.04. The van der Waals surface area contributed by atoms with E-state index in [1.165, 1.54) is 0 Å². The quantitative estimate of drug-likeness (QED) is 0.535. The van der Waals surface area contributed by atoms with Gasteiger partial charge in [0.05, 0.1) is 28.5 Å². The third kappa shape index (κ3) is 2.97. The van der Waals surface area contributed by atoms with Crippen LogP contribution in [0.5, 0.6) is 0 Å². The van der Waals surface area contributed by atoms with Crippen LogP contribution >= 0.6 is 23.2 Å². The van der Waals surface area contributed by atoms with E-state index in [4.69, 9.17) is 23.2 Å². The molecule has 0 saturated heterocycles. The Bertz CT molecular complexity index is 1230. The maximum absolute atomic E-state index is 13.3. The fourth-order valence-electron chi connectivity index (χ4n) is 3.94. The van der Waals surface area contributed by atoms with Crippen molar-refractivity contribution < 1.29 is 4.79 Å². The van der Waals surface area contributed by atoms with E-state index in [2.05, 4.69) is 20.5 Å². The number of aromatic nitrogens is 5. The lowest BCUT2D eigenvalue weighted by Gasteiger charge is -2.26. The normalized spacial score (nSPS) is 16.0. The minimum atomic E-state index is -0.243. The Hall–Kier alpha value is -2.90. The summed E-state index contributed by atoms with van der Waals surface area (Å²) < 4.78 is 1.74. The van der Waals surface area contributed by atoms with E-state index in [0.717, 1.165) is 27.9 Å². The number of hydrogen-bond acceptors (Lipinski definition) is 4. The van der Waals surface area contributed by atoms with Crippen molar-refractivity contribution in [3.8, 4) is 0 Å². The number of aromatic amines is 1. The highest BCUT2D eigenvalue weighted by atomic mass is 35.5. The fraction of sp³-hybridized carbons (Fsp3) is 0.200. The van der Waals surface area contributed by atoms with E-state index in [1.807, 2.05) is 42.3 Å². The summed E-state index contributed by atoms with van der Waals surface area (Å²) in [5.74, 6) is -0.0500. The lowest BCUT2D eigenvalue weighted by Crippen LogP contribution is -2.29. The summed E-state index contributed by atoms with van der Waals surface area (Å²) in [6.07, 6.45) is 2.13. The van der Waals surface area contributed by atoms with E-state index in [9.17, 15) is 4.79 Å². The summed E-state index contributed by atoms with van der Waals surface area (Å²) in [6.45, 7) is 0.423. The number of carbonyl (C=O) groups excluding carboxylic acids is 1. The van der Waals surface area contributed by atoms with E-state index >= 15 is 0 Å². The number of benzene rings is 2. The first-order valence-corrected chi connectivity index (χ1v) is 9.84. The van der Waals surface area contributed by atoms with Gasteiger partial charge in [-0.1, -0.05) is 40.5 Å². The Morgan fingerprint density at radius 2 is 2.03 bits per heavy atom. The monoisotopic (exact) mass is 426 g/mol. The van der Waals surface area contributed by atoms with E-state index < -0.39 is 0 Å². The maximum atomic E-state index is 13.3. The largest absolute Gasteiger partial charge is 0.327 e. The Balaban J connectivity index is 1.56. The van der Waals surface area contributed by atoms with E-state index in [0.29, 0.717) is 28.6 Å². The van der Waals surface area contributed by atoms with Crippen LogP contribution in [-0.2, 0) is 20.0 Å². The van der Waals surface area contributed by atoms with Crippen LogP contribution in [0.1, 0.15) is 33.2 Å². The first-order chi connectivity index (χ1) is 14.0. The summed E-state index contributed by atoms with van der Waals surface area (Å²) in [5, 5.41) is 16.1. The van der Waals surface area contributed by atoms with Crippen LogP contribution in [0.15, 0.2) is 42.6 Å². The molecule has 146 valence electrons. The van der Waals surface area contributed by atoms with Crippen LogP contribution in [0.25, 0.3) is 11.0 Å². The Morgan fingerprint density at radius 3 is 2.83 bits per heavy atom. The number of fused-ring (bicyclic) bond motifs is 2. The summed E-state index contributed by atoms with van der Waals surface area (Å²) in [5.41, 5.74) is 4.89. The summed E-state index contributed by atoms with van der Waals surface area (Å²) >= 11 is 12.9. The minimum Gasteiger partial charge on any atom is -0.327 e. The SMILES string of the molecule is Cn1ncc(Cl)c1CC1c2c(Cl)cccc2C(=O)N1Cc1ccc2[nH]nnc2c1. The molecule has 5 rings (SSSR count). The maximum Gasteiger partial charge on any atom is 0.255 e. The van der Waals surface area contributed by atoms with Crippen molar-refractivity contribution in [1.82, 2.24) is 30.1 Å². The third-order valence-electron chi connectivity index (χ3n) is 5.39. The molecule has 7 nitrogen and oxygen atoms in total. The van der Waals surface area contributed by atoms with Gasteiger partial charge in [-0.05, 0) is 29.8 Å². The van der Waals surface area contributed by atoms with Crippen LogP contribution in [0, 0.1) is 0 Å². The van der Waals surface area contributed by atoms with Crippen molar-refractivity contribution in [1.29, 1.82) is 0 Å². The number of H-pyrrole nitrogens is 1. The zero-order valence-electron chi connectivity index (χ0n) is 15.4. The van der Waals surface area contributed by atoms with Gasteiger partial charge >= 0.3 is 0 Å². The fourth-order valence-corrected chi connectivity index (χ4v) is 4.48. The number of halogens is 2. The second-order valence-corrected chi connectivity index (χ2v) is 7.89. The van der Waals surface area contributed by atoms with Crippen molar-refractivity contribution in [2.75, 3.05) is 0 Å². The van der Waals surface area contributed by atoms with Crippen LogP contribution in [0.3, 0.4) is 0 Å². The highest BCUT2D eigenvalue weighted by Gasteiger charge is 2.39. The van der Waals surface area contributed by atoms with E-state index in [-0.39, 0.29) is 11.9 Å². The second-order valence-electron chi connectivity index (χ2n) is 7.08. The molecule has 0 fully saturated rings. The molecular weight excluding hydrogens is 411 g/mol. The van der Waals surface area contributed by atoms with Gasteiger partial charge in [0.1, 0.15) is 5.52 Å². The molecule has 0 aliphatic carbocycles. The molecule has 0 bridgehead atoms. The van der Waals surface area contributed by atoms with Crippen molar-refractivity contribution in [3.63, 3.8) is 0 Å². The molecule has 1 amide bonds. The Kier molecular flexibility index (Phi) is 4.29. The number of carbonyl (C=O) groups is 1. The minimum absolute atomic E-state index is 0.0500. The average molecular weight is 427 g/mol. The molecule has 1 atom stereocenters. The molecule has 1 N–H and O–H groups in total. The van der Waals surface area contributed by atoms with Gasteiger partial charge in [0.25, 0.3) is 5.91 Å². The molecule has 1 unspecified atom stereocenters. The van der Waals surface area contributed by atoms with Gasteiger partial charge in [-0.2, -0.15) is 5.10 Å². The second kappa shape index (κ2) is 6.86. The van der Waals surface area contributed by atoms with Gasteiger partial charge in [0, 0.05) is 36.2 Å². The Morgan fingerprint density at radius 1 is 1.17 bits per heavy atom. The number of hydrogen-bond donors (Lipinski definition) is 1. The van der Waals surface area contributed by atoms with Gasteiger partial charge in [-0.15, -0.1) is 5.10 Å². The lowest BCUT2D eigenvalue weighted by molar-refractivity contribution is 0.0708. The number of aryl methyl sites for hydroxylation is 1. The highest BCUT2D eigenvalue weighted by molar-refractivity contribution is 6.32.